The molecular formula is C15H14O. The summed E-state index contributed by atoms with van der Waals surface area (Å²) in [6, 6.07) is 8.34. The highest BCUT2D eigenvalue weighted by Crippen LogP contribution is 2.51. The summed E-state index contributed by atoms with van der Waals surface area (Å²) in [5.41, 5.74) is 3.30. The molecule has 0 aromatic heterocycles. The second kappa shape index (κ2) is 3.19. The Morgan fingerprint density at radius 1 is 1.31 bits per heavy atom. The van der Waals surface area contributed by atoms with Gasteiger partial charge in [-0.05, 0) is 24.1 Å². The van der Waals surface area contributed by atoms with Crippen LogP contribution >= 0.6 is 0 Å². The van der Waals surface area contributed by atoms with E-state index in [9.17, 15) is 0 Å². The Labute approximate surface area is 95.7 Å². The maximum atomic E-state index is 5.83. The number of benzene rings is 1. The quantitative estimate of drug-likeness (QED) is 0.681. The van der Waals surface area contributed by atoms with Crippen molar-refractivity contribution in [2.75, 3.05) is 0 Å². The largest absolute Gasteiger partial charge is 0.352 e. The fourth-order valence-corrected chi connectivity index (χ4v) is 2.36. The highest BCUT2D eigenvalue weighted by molar-refractivity contribution is 5.67. The van der Waals surface area contributed by atoms with Crippen LogP contribution < -0.4 is 0 Å². The van der Waals surface area contributed by atoms with Crippen LogP contribution in [0.1, 0.15) is 18.1 Å². The van der Waals surface area contributed by atoms with Crippen molar-refractivity contribution in [3.05, 3.63) is 66.3 Å². The van der Waals surface area contributed by atoms with Crippen molar-refractivity contribution in [1.82, 2.24) is 0 Å². The molecule has 3 rings (SSSR count). The lowest BCUT2D eigenvalue weighted by Crippen LogP contribution is -2.12. The van der Waals surface area contributed by atoms with Gasteiger partial charge in [-0.1, -0.05) is 54.6 Å². The van der Waals surface area contributed by atoms with Crippen molar-refractivity contribution in [2.24, 2.45) is 0 Å². The zero-order valence-corrected chi connectivity index (χ0v) is 9.31. The summed E-state index contributed by atoms with van der Waals surface area (Å²) in [6.45, 7) is 6.07. The Morgan fingerprint density at radius 3 is 2.88 bits per heavy atom. The van der Waals surface area contributed by atoms with Gasteiger partial charge < -0.3 is 4.74 Å². The SMILES string of the molecule is C=C(C)c1ccccc1C12C=CC=CC1O2. The third-order valence-corrected chi connectivity index (χ3v) is 3.24. The predicted molar refractivity (Wildman–Crippen MR) is 66.0 cm³/mol. The molecule has 0 amide bonds. The van der Waals surface area contributed by atoms with Gasteiger partial charge in [-0.25, -0.2) is 0 Å². The molecule has 1 heteroatoms. The van der Waals surface area contributed by atoms with Crippen molar-refractivity contribution < 1.29 is 4.74 Å². The fraction of sp³-hybridized carbons (Fsp3) is 0.200. The van der Waals surface area contributed by atoms with Crippen molar-refractivity contribution >= 4 is 5.57 Å². The van der Waals surface area contributed by atoms with Gasteiger partial charge in [0.1, 0.15) is 11.7 Å². The summed E-state index contributed by atoms with van der Waals surface area (Å²) in [4.78, 5) is 0. The van der Waals surface area contributed by atoms with Crippen LogP contribution in [-0.4, -0.2) is 6.10 Å². The van der Waals surface area contributed by atoms with E-state index in [1.807, 2.05) is 19.1 Å². The molecule has 1 aromatic carbocycles. The monoisotopic (exact) mass is 210 g/mol. The molecule has 2 atom stereocenters. The molecule has 0 spiro atoms. The van der Waals surface area contributed by atoms with Gasteiger partial charge >= 0.3 is 0 Å². The Hall–Kier alpha value is -1.60. The maximum Gasteiger partial charge on any atom is 0.143 e. The van der Waals surface area contributed by atoms with E-state index in [0.29, 0.717) is 0 Å². The molecule has 1 aliphatic carbocycles. The van der Waals surface area contributed by atoms with E-state index in [4.69, 9.17) is 4.74 Å². The van der Waals surface area contributed by atoms with E-state index in [1.54, 1.807) is 0 Å². The molecule has 80 valence electrons. The molecule has 1 heterocycles. The second-order valence-corrected chi connectivity index (χ2v) is 4.40. The highest BCUT2D eigenvalue weighted by atomic mass is 16.6. The van der Waals surface area contributed by atoms with E-state index in [0.717, 1.165) is 5.57 Å². The van der Waals surface area contributed by atoms with Gasteiger partial charge in [0.2, 0.25) is 0 Å². The normalized spacial score (nSPS) is 29.9. The number of hydrogen-bond acceptors (Lipinski definition) is 1. The van der Waals surface area contributed by atoms with Gasteiger partial charge in [-0.2, -0.15) is 0 Å². The number of hydrogen-bond donors (Lipinski definition) is 0. The van der Waals surface area contributed by atoms with Gasteiger partial charge in [-0.15, -0.1) is 0 Å². The Balaban J connectivity index is 2.12. The summed E-state index contributed by atoms with van der Waals surface area (Å²) >= 11 is 0. The average Bonchev–Trinajstić information content (AvgIpc) is 3.04. The predicted octanol–water partition coefficient (Wildman–Crippen LogP) is 3.44. The lowest BCUT2D eigenvalue weighted by molar-refractivity contribution is 0.345. The first-order chi connectivity index (χ1) is 7.74. The summed E-state index contributed by atoms with van der Waals surface area (Å²) < 4.78 is 5.83. The number of epoxide rings is 1. The smallest absolute Gasteiger partial charge is 0.143 e. The van der Waals surface area contributed by atoms with Crippen LogP contribution in [0.3, 0.4) is 0 Å². The zero-order chi connectivity index (χ0) is 11.2. The van der Waals surface area contributed by atoms with Crippen LogP contribution in [0.5, 0.6) is 0 Å². The first-order valence-electron chi connectivity index (χ1n) is 5.53. The lowest BCUT2D eigenvalue weighted by atomic mass is 9.87. The molecule has 0 radical (unpaired) electrons. The number of fused-ring (bicyclic) bond motifs is 1. The van der Waals surface area contributed by atoms with Gasteiger partial charge in [0, 0.05) is 0 Å². The van der Waals surface area contributed by atoms with Crippen molar-refractivity contribution in [1.29, 1.82) is 0 Å². The summed E-state index contributed by atoms with van der Waals surface area (Å²) in [5.74, 6) is 0. The minimum absolute atomic E-state index is 0.206. The minimum Gasteiger partial charge on any atom is -0.352 e. The Bertz CT molecular complexity index is 510. The molecule has 1 fully saturated rings. The molecule has 2 aliphatic rings. The molecule has 1 aliphatic heterocycles. The number of ether oxygens (including phenoxy) is 1. The fourth-order valence-electron chi connectivity index (χ4n) is 2.36. The second-order valence-electron chi connectivity index (χ2n) is 4.40. The van der Waals surface area contributed by atoms with Crippen LogP contribution in [0.15, 0.2) is 55.1 Å². The topological polar surface area (TPSA) is 12.5 Å². The van der Waals surface area contributed by atoms with Crippen LogP contribution in [0.25, 0.3) is 5.57 Å². The van der Waals surface area contributed by atoms with Gasteiger partial charge in [0.15, 0.2) is 0 Å². The lowest BCUT2D eigenvalue weighted by Gasteiger charge is -2.15. The third-order valence-electron chi connectivity index (χ3n) is 3.24. The average molecular weight is 210 g/mol. The van der Waals surface area contributed by atoms with E-state index < -0.39 is 0 Å². The molecule has 0 bridgehead atoms. The Kier molecular flexibility index (Phi) is 1.92. The highest BCUT2D eigenvalue weighted by Gasteiger charge is 2.55. The minimum atomic E-state index is -0.218. The zero-order valence-electron chi connectivity index (χ0n) is 9.31. The van der Waals surface area contributed by atoms with Crippen LogP contribution in [0.4, 0.5) is 0 Å². The van der Waals surface area contributed by atoms with Crippen LogP contribution in [0.2, 0.25) is 0 Å². The first kappa shape index (κ1) is 9.61. The maximum absolute atomic E-state index is 5.83. The summed E-state index contributed by atoms with van der Waals surface area (Å²) in [7, 11) is 0. The third kappa shape index (κ3) is 1.22. The van der Waals surface area contributed by atoms with Crippen molar-refractivity contribution in [3.63, 3.8) is 0 Å². The number of allylic oxidation sites excluding steroid dienone is 3. The van der Waals surface area contributed by atoms with E-state index in [-0.39, 0.29) is 11.7 Å². The van der Waals surface area contributed by atoms with Crippen molar-refractivity contribution in [2.45, 2.75) is 18.6 Å². The molecule has 1 saturated heterocycles. The van der Waals surface area contributed by atoms with E-state index in [1.165, 1.54) is 11.1 Å². The summed E-state index contributed by atoms with van der Waals surface area (Å²) in [5, 5.41) is 0. The van der Waals surface area contributed by atoms with Crippen LogP contribution in [-0.2, 0) is 10.3 Å². The molecule has 0 saturated carbocycles. The molecule has 1 nitrogen and oxygen atoms in total. The Morgan fingerprint density at radius 2 is 2.12 bits per heavy atom. The standard InChI is InChI=1S/C15H14O/c1-11(2)12-7-3-4-8-13(12)15-10-6-5-9-14(15)16-15/h3-10,14H,1H2,2H3. The molecule has 0 N–H and O–H groups in total. The molecule has 1 aromatic rings. The van der Waals surface area contributed by atoms with Gasteiger partial charge in [-0.3, -0.25) is 0 Å². The van der Waals surface area contributed by atoms with Gasteiger partial charge in [0.25, 0.3) is 0 Å². The first-order valence-corrected chi connectivity index (χ1v) is 5.53. The van der Waals surface area contributed by atoms with E-state index in [2.05, 4.69) is 43.0 Å². The summed E-state index contributed by atoms with van der Waals surface area (Å²) in [6.07, 6.45) is 8.55. The number of rotatable bonds is 2. The van der Waals surface area contributed by atoms with E-state index >= 15 is 0 Å². The van der Waals surface area contributed by atoms with Crippen molar-refractivity contribution in [3.8, 4) is 0 Å². The van der Waals surface area contributed by atoms with Gasteiger partial charge in [0.05, 0.1) is 0 Å². The molecule has 16 heavy (non-hydrogen) atoms. The molecular weight excluding hydrogens is 196 g/mol. The molecule has 2 unspecified atom stereocenters. The van der Waals surface area contributed by atoms with Crippen LogP contribution in [0, 0.1) is 0 Å².